The summed E-state index contributed by atoms with van der Waals surface area (Å²) in [6.07, 6.45) is 1.65. The first-order chi connectivity index (χ1) is 13.0. The van der Waals surface area contributed by atoms with Gasteiger partial charge in [-0.2, -0.15) is 5.10 Å². The van der Waals surface area contributed by atoms with E-state index in [0.717, 1.165) is 28.0 Å². The van der Waals surface area contributed by atoms with Crippen molar-refractivity contribution in [2.24, 2.45) is 7.05 Å². The molecule has 0 fully saturated rings. The van der Waals surface area contributed by atoms with E-state index in [0.29, 0.717) is 24.5 Å². The third-order valence-corrected chi connectivity index (χ3v) is 4.59. The Morgan fingerprint density at radius 3 is 2.93 bits per heavy atom. The third kappa shape index (κ3) is 3.25. The van der Waals surface area contributed by atoms with Crippen molar-refractivity contribution in [1.29, 1.82) is 0 Å². The van der Waals surface area contributed by atoms with Gasteiger partial charge in [0.15, 0.2) is 17.1 Å². The molecule has 0 saturated carbocycles. The molecular formula is C19H21N5O3. The second-order valence-electron chi connectivity index (χ2n) is 6.44. The summed E-state index contributed by atoms with van der Waals surface area (Å²) in [5.41, 5.74) is 3.29. The third-order valence-electron chi connectivity index (χ3n) is 4.59. The fourth-order valence-corrected chi connectivity index (χ4v) is 3.17. The van der Waals surface area contributed by atoms with Crippen LogP contribution < -0.4 is 14.8 Å². The average molecular weight is 367 g/mol. The molecule has 0 radical (unpaired) electrons. The molecule has 140 valence electrons. The highest BCUT2D eigenvalue weighted by Crippen LogP contribution is 2.32. The molecule has 2 aromatic heterocycles. The van der Waals surface area contributed by atoms with Crippen molar-refractivity contribution in [1.82, 2.24) is 19.7 Å². The molecule has 0 aliphatic carbocycles. The van der Waals surface area contributed by atoms with Crippen LogP contribution in [0.1, 0.15) is 18.2 Å². The van der Waals surface area contributed by atoms with Crippen LogP contribution in [0, 0.1) is 6.92 Å². The predicted octanol–water partition coefficient (Wildman–Crippen LogP) is 3.06. The second-order valence-corrected chi connectivity index (χ2v) is 6.44. The Balaban J connectivity index is 1.49. The number of ether oxygens (including phenoxy) is 2. The highest BCUT2D eigenvalue weighted by Gasteiger charge is 2.17. The topological polar surface area (TPSA) is 81.5 Å². The largest absolute Gasteiger partial charge is 0.454 e. The Hall–Kier alpha value is -3.29. The van der Waals surface area contributed by atoms with Crippen LogP contribution in [-0.4, -0.2) is 39.0 Å². The number of carbonyl (C=O) groups is 1. The van der Waals surface area contributed by atoms with Crippen LogP contribution in [0.2, 0.25) is 0 Å². The first kappa shape index (κ1) is 17.1. The fraction of sp³-hybridized carbons (Fsp3) is 0.316. The van der Waals surface area contributed by atoms with E-state index in [1.54, 1.807) is 15.8 Å². The highest BCUT2D eigenvalue weighted by atomic mass is 16.7. The van der Waals surface area contributed by atoms with E-state index >= 15 is 0 Å². The standard InChI is InChI=1S/C19H21N5O3/c1-4-24(10-13-5-6-16-17(7-13)27-11-26-16)19(25)21-14-8-15-12(2)22-23(3)18(15)20-9-14/h5-9H,4,10-11H2,1-3H3,(H,21,25). The Labute approximate surface area is 156 Å². The quantitative estimate of drug-likeness (QED) is 0.766. The SMILES string of the molecule is CCN(Cc1ccc2c(c1)OCO2)C(=O)Nc1cnc2c(c1)c(C)nn2C. The Kier molecular flexibility index (Phi) is 4.31. The zero-order valence-electron chi connectivity index (χ0n) is 15.5. The number of aryl methyl sites for hydroxylation is 2. The zero-order valence-corrected chi connectivity index (χ0v) is 15.5. The van der Waals surface area contributed by atoms with Gasteiger partial charge in [0.1, 0.15) is 0 Å². The van der Waals surface area contributed by atoms with Crippen LogP contribution in [-0.2, 0) is 13.6 Å². The predicted molar refractivity (Wildman–Crippen MR) is 101 cm³/mol. The van der Waals surface area contributed by atoms with Gasteiger partial charge >= 0.3 is 6.03 Å². The van der Waals surface area contributed by atoms with Crippen molar-refractivity contribution < 1.29 is 14.3 Å². The number of nitrogens with zero attached hydrogens (tertiary/aromatic N) is 4. The van der Waals surface area contributed by atoms with Crippen LogP contribution in [0.5, 0.6) is 11.5 Å². The van der Waals surface area contributed by atoms with Crippen LogP contribution in [0.15, 0.2) is 30.5 Å². The smallest absolute Gasteiger partial charge is 0.322 e. The molecule has 3 aromatic rings. The first-order valence-corrected chi connectivity index (χ1v) is 8.79. The van der Waals surface area contributed by atoms with Gasteiger partial charge in [-0.05, 0) is 37.6 Å². The van der Waals surface area contributed by atoms with Crippen molar-refractivity contribution in [3.63, 3.8) is 0 Å². The van der Waals surface area contributed by atoms with E-state index in [1.807, 2.05) is 45.2 Å². The molecule has 8 heteroatoms. The van der Waals surface area contributed by atoms with Gasteiger partial charge in [0.2, 0.25) is 6.79 Å². The van der Waals surface area contributed by atoms with Crippen molar-refractivity contribution in [2.75, 3.05) is 18.7 Å². The monoisotopic (exact) mass is 367 g/mol. The van der Waals surface area contributed by atoms with E-state index in [-0.39, 0.29) is 12.8 Å². The van der Waals surface area contributed by atoms with Crippen LogP contribution in [0.4, 0.5) is 10.5 Å². The molecule has 8 nitrogen and oxygen atoms in total. The van der Waals surface area contributed by atoms with E-state index in [2.05, 4.69) is 15.4 Å². The summed E-state index contributed by atoms with van der Waals surface area (Å²) >= 11 is 0. The van der Waals surface area contributed by atoms with Crippen molar-refractivity contribution in [3.8, 4) is 11.5 Å². The van der Waals surface area contributed by atoms with Gasteiger partial charge in [-0.25, -0.2) is 9.78 Å². The molecule has 0 atom stereocenters. The summed E-state index contributed by atoms with van der Waals surface area (Å²) in [6, 6.07) is 7.43. The molecular weight excluding hydrogens is 346 g/mol. The van der Waals surface area contributed by atoms with Gasteiger partial charge in [0, 0.05) is 25.5 Å². The van der Waals surface area contributed by atoms with Crippen molar-refractivity contribution in [3.05, 3.63) is 41.7 Å². The molecule has 4 rings (SSSR count). The van der Waals surface area contributed by atoms with Gasteiger partial charge < -0.3 is 19.7 Å². The lowest BCUT2D eigenvalue weighted by Gasteiger charge is -2.21. The number of fused-ring (bicyclic) bond motifs is 2. The summed E-state index contributed by atoms with van der Waals surface area (Å²) in [7, 11) is 1.85. The molecule has 1 aromatic carbocycles. The lowest BCUT2D eigenvalue weighted by atomic mass is 10.2. The summed E-state index contributed by atoms with van der Waals surface area (Å²) in [4.78, 5) is 18.8. The van der Waals surface area contributed by atoms with Crippen LogP contribution >= 0.6 is 0 Å². The summed E-state index contributed by atoms with van der Waals surface area (Å²) < 4.78 is 12.5. The molecule has 3 heterocycles. The number of rotatable bonds is 4. The molecule has 1 aliphatic heterocycles. The summed E-state index contributed by atoms with van der Waals surface area (Å²) in [6.45, 7) is 5.15. The lowest BCUT2D eigenvalue weighted by Crippen LogP contribution is -2.34. The van der Waals surface area contributed by atoms with E-state index in [9.17, 15) is 4.79 Å². The van der Waals surface area contributed by atoms with Gasteiger partial charge in [-0.1, -0.05) is 6.07 Å². The molecule has 1 N–H and O–H groups in total. The van der Waals surface area contributed by atoms with Crippen molar-refractivity contribution >= 4 is 22.8 Å². The minimum Gasteiger partial charge on any atom is -0.454 e. The van der Waals surface area contributed by atoms with E-state index in [1.165, 1.54) is 0 Å². The number of nitrogens with one attached hydrogen (secondary N) is 1. The van der Waals surface area contributed by atoms with Gasteiger partial charge in [-0.3, -0.25) is 4.68 Å². The van der Waals surface area contributed by atoms with Gasteiger partial charge in [-0.15, -0.1) is 0 Å². The first-order valence-electron chi connectivity index (χ1n) is 8.79. The van der Waals surface area contributed by atoms with Crippen molar-refractivity contribution in [2.45, 2.75) is 20.4 Å². The highest BCUT2D eigenvalue weighted by molar-refractivity contribution is 5.92. The fourth-order valence-electron chi connectivity index (χ4n) is 3.17. The molecule has 0 bridgehead atoms. The number of hydrogen-bond acceptors (Lipinski definition) is 5. The molecule has 0 spiro atoms. The number of anilines is 1. The number of benzene rings is 1. The van der Waals surface area contributed by atoms with Gasteiger partial charge in [0.05, 0.1) is 17.6 Å². The Bertz CT molecular complexity index is 1010. The zero-order chi connectivity index (χ0) is 19.0. The number of carbonyl (C=O) groups excluding carboxylic acids is 1. The lowest BCUT2D eigenvalue weighted by molar-refractivity contribution is 0.174. The maximum Gasteiger partial charge on any atom is 0.322 e. The molecule has 1 aliphatic rings. The number of pyridine rings is 1. The van der Waals surface area contributed by atoms with Crippen LogP contribution in [0.25, 0.3) is 11.0 Å². The molecule has 0 unspecified atom stereocenters. The minimum atomic E-state index is -0.183. The van der Waals surface area contributed by atoms with Gasteiger partial charge in [0.25, 0.3) is 0 Å². The summed E-state index contributed by atoms with van der Waals surface area (Å²) in [5.74, 6) is 1.45. The number of hydrogen-bond donors (Lipinski definition) is 1. The normalized spacial score (nSPS) is 12.4. The van der Waals surface area contributed by atoms with E-state index in [4.69, 9.17) is 9.47 Å². The summed E-state index contributed by atoms with van der Waals surface area (Å²) in [5, 5.41) is 8.21. The maximum absolute atomic E-state index is 12.7. The molecule has 27 heavy (non-hydrogen) atoms. The molecule has 0 saturated heterocycles. The minimum absolute atomic E-state index is 0.183. The van der Waals surface area contributed by atoms with E-state index < -0.39 is 0 Å². The second kappa shape index (κ2) is 6.79. The average Bonchev–Trinajstić information content (AvgIpc) is 3.23. The Morgan fingerprint density at radius 2 is 2.11 bits per heavy atom. The number of aromatic nitrogens is 3. The number of amides is 2. The number of urea groups is 1. The van der Waals surface area contributed by atoms with Crippen LogP contribution in [0.3, 0.4) is 0 Å². The molecule has 2 amide bonds. The Morgan fingerprint density at radius 1 is 1.30 bits per heavy atom. The maximum atomic E-state index is 12.7.